The van der Waals surface area contributed by atoms with Crippen LogP contribution in [0.1, 0.15) is 25.7 Å². The first-order valence-electron chi connectivity index (χ1n) is 5.95. The van der Waals surface area contributed by atoms with Gasteiger partial charge in [0.25, 0.3) is 0 Å². The van der Waals surface area contributed by atoms with Crippen LogP contribution in [0.4, 0.5) is 4.39 Å². The van der Waals surface area contributed by atoms with Gasteiger partial charge in [-0.2, -0.15) is 5.26 Å². The summed E-state index contributed by atoms with van der Waals surface area (Å²) < 4.78 is 38.2. The fourth-order valence-electron chi connectivity index (χ4n) is 2.50. The van der Waals surface area contributed by atoms with Crippen LogP contribution in [0.25, 0.3) is 0 Å². The molecule has 0 spiro atoms. The van der Waals surface area contributed by atoms with Gasteiger partial charge in [-0.25, -0.2) is 12.8 Å². The molecule has 2 rings (SSSR count). The minimum Gasteiger partial charge on any atom is -0.222 e. The maximum absolute atomic E-state index is 13.6. The molecule has 1 aromatic carbocycles. The molecule has 1 fully saturated rings. The Kier molecular flexibility index (Phi) is 3.67. The predicted molar refractivity (Wildman–Crippen MR) is 64.9 cm³/mol. The number of rotatable bonds is 3. The third kappa shape index (κ3) is 2.25. The highest BCUT2D eigenvalue weighted by Crippen LogP contribution is 2.33. The van der Waals surface area contributed by atoms with E-state index in [2.05, 4.69) is 0 Å². The minimum absolute atomic E-state index is 0.167. The molecule has 3 nitrogen and oxygen atoms in total. The van der Waals surface area contributed by atoms with Gasteiger partial charge in [-0.15, -0.1) is 0 Å². The fraction of sp³-hybridized carbons (Fsp3) is 0.462. The molecule has 5 heteroatoms. The van der Waals surface area contributed by atoms with Gasteiger partial charge in [0.05, 0.1) is 6.07 Å². The van der Waals surface area contributed by atoms with Crippen molar-refractivity contribution in [2.24, 2.45) is 5.92 Å². The van der Waals surface area contributed by atoms with Gasteiger partial charge in [-0.3, -0.25) is 0 Å². The van der Waals surface area contributed by atoms with Crippen LogP contribution in [0.5, 0.6) is 0 Å². The Bertz CT molecular complexity index is 571. The molecule has 0 saturated heterocycles. The van der Waals surface area contributed by atoms with Crippen LogP contribution in [0.15, 0.2) is 29.2 Å². The molecule has 96 valence electrons. The summed E-state index contributed by atoms with van der Waals surface area (Å²) in [6, 6.07) is 7.10. The second-order valence-corrected chi connectivity index (χ2v) is 6.61. The molecule has 1 unspecified atom stereocenters. The van der Waals surface area contributed by atoms with Crippen molar-refractivity contribution in [3.63, 3.8) is 0 Å². The van der Waals surface area contributed by atoms with Crippen LogP contribution < -0.4 is 0 Å². The lowest BCUT2D eigenvalue weighted by Gasteiger charge is -2.17. The van der Waals surface area contributed by atoms with Crippen LogP contribution in [-0.2, 0) is 9.84 Å². The van der Waals surface area contributed by atoms with Gasteiger partial charge in [0, 0.05) is 0 Å². The summed E-state index contributed by atoms with van der Waals surface area (Å²) in [5.74, 6) is -0.949. The molecule has 1 saturated carbocycles. The second-order valence-electron chi connectivity index (χ2n) is 4.57. The molecule has 0 N–H and O–H groups in total. The molecular weight excluding hydrogens is 253 g/mol. The molecule has 0 heterocycles. The fourth-order valence-corrected chi connectivity index (χ4v) is 4.30. The summed E-state index contributed by atoms with van der Waals surface area (Å²) in [7, 11) is -3.90. The van der Waals surface area contributed by atoms with E-state index in [9.17, 15) is 12.8 Å². The van der Waals surface area contributed by atoms with Crippen molar-refractivity contribution in [2.45, 2.75) is 35.8 Å². The van der Waals surface area contributed by atoms with E-state index in [0.717, 1.165) is 31.7 Å². The zero-order valence-corrected chi connectivity index (χ0v) is 10.7. The van der Waals surface area contributed by atoms with E-state index in [1.807, 2.05) is 6.07 Å². The standard InChI is InChI=1S/C13H14FNO2S/c14-11-7-3-4-8-12(11)18(16,17)13(9-15)10-5-1-2-6-10/h3-4,7-8,10,13H,1-2,5-6H2. The average Bonchev–Trinajstić information content (AvgIpc) is 2.83. The first kappa shape index (κ1) is 13.0. The molecule has 0 bridgehead atoms. The first-order chi connectivity index (χ1) is 8.57. The lowest BCUT2D eigenvalue weighted by molar-refractivity contribution is 0.517. The van der Waals surface area contributed by atoms with Gasteiger partial charge in [-0.1, -0.05) is 25.0 Å². The van der Waals surface area contributed by atoms with Crippen LogP contribution >= 0.6 is 0 Å². The van der Waals surface area contributed by atoms with Crippen molar-refractivity contribution in [1.29, 1.82) is 5.26 Å². The second kappa shape index (κ2) is 5.07. The Morgan fingerprint density at radius 1 is 1.28 bits per heavy atom. The van der Waals surface area contributed by atoms with Gasteiger partial charge in [0.15, 0.2) is 15.1 Å². The summed E-state index contributed by atoms with van der Waals surface area (Å²) in [6.07, 6.45) is 3.34. The van der Waals surface area contributed by atoms with Crippen molar-refractivity contribution < 1.29 is 12.8 Å². The highest BCUT2D eigenvalue weighted by atomic mass is 32.2. The molecule has 18 heavy (non-hydrogen) atoms. The van der Waals surface area contributed by atoms with Gasteiger partial charge >= 0.3 is 0 Å². The van der Waals surface area contributed by atoms with E-state index >= 15 is 0 Å². The number of benzene rings is 1. The lowest BCUT2D eigenvalue weighted by Crippen LogP contribution is -2.27. The number of nitriles is 1. The van der Waals surface area contributed by atoms with Gasteiger partial charge in [0.1, 0.15) is 10.7 Å². The molecule has 1 aliphatic rings. The molecule has 1 aliphatic carbocycles. The summed E-state index contributed by atoms with van der Waals surface area (Å²) in [5.41, 5.74) is 0. The maximum Gasteiger partial charge on any atom is 0.197 e. The molecular formula is C13H14FNO2S. The molecule has 0 amide bonds. The number of sulfone groups is 1. The Balaban J connectivity index is 2.41. The molecule has 0 aliphatic heterocycles. The molecule has 1 aromatic rings. The van der Waals surface area contributed by atoms with Crippen LogP contribution in [-0.4, -0.2) is 13.7 Å². The minimum atomic E-state index is -3.90. The van der Waals surface area contributed by atoms with E-state index in [1.165, 1.54) is 18.2 Å². The quantitative estimate of drug-likeness (QED) is 0.846. The van der Waals surface area contributed by atoms with Crippen LogP contribution in [0.2, 0.25) is 0 Å². The van der Waals surface area contributed by atoms with E-state index in [1.54, 1.807) is 0 Å². The summed E-state index contributed by atoms with van der Waals surface area (Å²) in [4.78, 5) is -0.358. The number of hydrogen-bond donors (Lipinski definition) is 0. The first-order valence-corrected chi connectivity index (χ1v) is 7.50. The van der Waals surface area contributed by atoms with Crippen LogP contribution in [0.3, 0.4) is 0 Å². The van der Waals surface area contributed by atoms with Crippen molar-refractivity contribution in [3.8, 4) is 6.07 Å². The Morgan fingerprint density at radius 3 is 2.44 bits per heavy atom. The highest BCUT2D eigenvalue weighted by molar-refractivity contribution is 7.92. The third-order valence-corrected chi connectivity index (χ3v) is 5.54. The number of halogens is 1. The molecule has 0 radical (unpaired) electrons. The summed E-state index contributed by atoms with van der Waals surface area (Å²) in [5, 5.41) is 7.99. The Hall–Kier alpha value is -1.41. The van der Waals surface area contributed by atoms with Crippen LogP contribution in [0, 0.1) is 23.1 Å². The Labute approximate surface area is 106 Å². The smallest absolute Gasteiger partial charge is 0.197 e. The van der Waals surface area contributed by atoms with E-state index < -0.39 is 20.9 Å². The van der Waals surface area contributed by atoms with E-state index in [0.29, 0.717) is 0 Å². The number of hydrogen-bond acceptors (Lipinski definition) is 3. The summed E-state index contributed by atoms with van der Waals surface area (Å²) in [6.45, 7) is 0. The SMILES string of the molecule is N#CC(C1CCCC1)S(=O)(=O)c1ccccc1F. The zero-order valence-electron chi connectivity index (χ0n) is 9.84. The number of nitrogens with zero attached hydrogens (tertiary/aromatic N) is 1. The third-order valence-electron chi connectivity index (χ3n) is 3.43. The van der Waals surface area contributed by atoms with Crippen molar-refractivity contribution in [1.82, 2.24) is 0 Å². The monoisotopic (exact) mass is 267 g/mol. The molecule has 0 aromatic heterocycles. The predicted octanol–water partition coefficient (Wildman–Crippen LogP) is 2.68. The highest BCUT2D eigenvalue weighted by Gasteiger charge is 2.37. The topological polar surface area (TPSA) is 57.9 Å². The lowest BCUT2D eigenvalue weighted by atomic mass is 10.1. The average molecular weight is 267 g/mol. The maximum atomic E-state index is 13.6. The summed E-state index contributed by atoms with van der Waals surface area (Å²) >= 11 is 0. The normalized spacial score (nSPS) is 18.4. The van der Waals surface area contributed by atoms with E-state index in [4.69, 9.17) is 5.26 Å². The van der Waals surface area contributed by atoms with Crippen molar-refractivity contribution >= 4 is 9.84 Å². The largest absolute Gasteiger partial charge is 0.222 e. The van der Waals surface area contributed by atoms with Gasteiger partial charge in [-0.05, 0) is 30.9 Å². The Morgan fingerprint density at radius 2 is 1.89 bits per heavy atom. The van der Waals surface area contributed by atoms with Crippen molar-refractivity contribution in [2.75, 3.05) is 0 Å². The molecule has 1 atom stereocenters. The van der Waals surface area contributed by atoms with E-state index in [-0.39, 0.29) is 10.8 Å². The van der Waals surface area contributed by atoms with Gasteiger partial charge in [0.2, 0.25) is 0 Å². The zero-order chi connectivity index (χ0) is 13.2. The van der Waals surface area contributed by atoms with Gasteiger partial charge < -0.3 is 0 Å². The van der Waals surface area contributed by atoms with Crippen molar-refractivity contribution in [3.05, 3.63) is 30.1 Å².